The lowest BCUT2D eigenvalue weighted by atomic mass is 10.1. The SMILES string of the molecule is CCCN([C@@H](CCC(=O)O)C(=O)O)[PH](=O)O. The summed E-state index contributed by atoms with van der Waals surface area (Å²) in [6.07, 6.45) is 0.00176. The van der Waals surface area contributed by atoms with Gasteiger partial charge in [0.05, 0.1) is 0 Å². The van der Waals surface area contributed by atoms with E-state index in [0.29, 0.717) is 6.42 Å². The van der Waals surface area contributed by atoms with Crippen molar-refractivity contribution in [3.05, 3.63) is 0 Å². The lowest BCUT2D eigenvalue weighted by Gasteiger charge is -2.24. The maximum absolute atomic E-state index is 11.0. The molecular formula is C8H16NO6P. The topological polar surface area (TPSA) is 115 Å². The van der Waals surface area contributed by atoms with Crippen molar-refractivity contribution in [1.29, 1.82) is 0 Å². The Morgan fingerprint density at radius 1 is 1.38 bits per heavy atom. The molecule has 2 atom stereocenters. The maximum Gasteiger partial charge on any atom is 0.321 e. The van der Waals surface area contributed by atoms with Crippen LogP contribution in [0.15, 0.2) is 0 Å². The predicted octanol–water partition coefficient (Wildman–Crippen LogP) is 0.398. The summed E-state index contributed by atoms with van der Waals surface area (Å²) in [6, 6.07) is -1.22. The van der Waals surface area contributed by atoms with Crippen molar-refractivity contribution in [2.75, 3.05) is 6.54 Å². The summed E-state index contributed by atoms with van der Waals surface area (Å²) in [5, 5.41) is 17.3. The Hall–Kier alpha value is -0.910. The molecule has 7 nitrogen and oxygen atoms in total. The van der Waals surface area contributed by atoms with Gasteiger partial charge in [-0.1, -0.05) is 6.92 Å². The monoisotopic (exact) mass is 253 g/mol. The standard InChI is InChI=1S/C8H16NO6P/c1-2-5-9(16(14)15)6(8(12)13)3-4-7(10)11/h6,16H,2-5H2,1H3,(H,10,11)(H,12,13)(H,14,15)/t6-/m0/s1. The number of carbonyl (C=O) groups is 2. The quantitative estimate of drug-likeness (QED) is 0.536. The number of carboxylic acids is 2. The van der Waals surface area contributed by atoms with E-state index in [2.05, 4.69) is 0 Å². The highest BCUT2D eigenvalue weighted by atomic mass is 31.1. The van der Waals surface area contributed by atoms with Gasteiger partial charge in [-0.05, 0) is 12.8 Å². The maximum atomic E-state index is 11.0. The summed E-state index contributed by atoms with van der Waals surface area (Å²) in [5.74, 6) is -2.40. The van der Waals surface area contributed by atoms with Gasteiger partial charge in [0.2, 0.25) is 0 Å². The Morgan fingerprint density at radius 2 is 1.94 bits per heavy atom. The highest BCUT2D eigenvalue weighted by molar-refractivity contribution is 7.35. The fraction of sp³-hybridized carbons (Fsp3) is 0.750. The molecular weight excluding hydrogens is 237 g/mol. The van der Waals surface area contributed by atoms with Gasteiger partial charge < -0.3 is 15.1 Å². The van der Waals surface area contributed by atoms with Crippen LogP contribution in [0.5, 0.6) is 0 Å². The molecule has 0 aliphatic rings. The van der Waals surface area contributed by atoms with Crippen LogP contribution in [0.1, 0.15) is 26.2 Å². The van der Waals surface area contributed by atoms with Crippen molar-refractivity contribution in [3.63, 3.8) is 0 Å². The summed E-state index contributed by atoms with van der Waals surface area (Å²) >= 11 is 0. The number of nitrogens with zero attached hydrogens (tertiary/aromatic N) is 1. The van der Waals surface area contributed by atoms with Crippen molar-refractivity contribution >= 4 is 20.1 Å². The van der Waals surface area contributed by atoms with Crippen LogP contribution < -0.4 is 0 Å². The zero-order valence-corrected chi connectivity index (χ0v) is 9.92. The molecule has 0 aromatic carbocycles. The van der Waals surface area contributed by atoms with E-state index in [1.54, 1.807) is 6.92 Å². The smallest absolute Gasteiger partial charge is 0.321 e. The van der Waals surface area contributed by atoms with Gasteiger partial charge in [-0.2, -0.15) is 0 Å². The van der Waals surface area contributed by atoms with Crippen molar-refractivity contribution in [2.45, 2.75) is 32.2 Å². The molecule has 0 amide bonds. The van der Waals surface area contributed by atoms with Crippen LogP contribution in [0.3, 0.4) is 0 Å². The molecule has 0 spiro atoms. The zero-order chi connectivity index (χ0) is 12.7. The summed E-state index contributed by atoms with van der Waals surface area (Å²) in [6.45, 7) is 1.90. The Balaban J connectivity index is 4.64. The number of hydrogen-bond acceptors (Lipinski definition) is 3. The third-order valence-electron chi connectivity index (χ3n) is 2.00. The van der Waals surface area contributed by atoms with Gasteiger partial charge in [0.25, 0.3) is 8.18 Å². The fourth-order valence-corrected chi connectivity index (χ4v) is 2.22. The number of carboxylic acid groups (broad SMARTS) is 2. The lowest BCUT2D eigenvalue weighted by Crippen LogP contribution is -2.37. The first-order valence-corrected chi connectivity index (χ1v) is 6.14. The van der Waals surface area contributed by atoms with Crippen LogP contribution in [0.2, 0.25) is 0 Å². The van der Waals surface area contributed by atoms with Gasteiger partial charge >= 0.3 is 11.9 Å². The second-order valence-electron chi connectivity index (χ2n) is 3.26. The van der Waals surface area contributed by atoms with Gasteiger partial charge in [0, 0.05) is 13.0 Å². The molecule has 3 N–H and O–H groups in total. The summed E-state index contributed by atoms with van der Waals surface area (Å²) in [4.78, 5) is 30.2. The Morgan fingerprint density at radius 3 is 2.25 bits per heavy atom. The zero-order valence-electron chi connectivity index (χ0n) is 8.92. The van der Waals surface area contributed by atoms with E-state index in [9.17, 15) is 14.2 Å². The molecule has 16 heavy (non-hydrogen) atoms. The van der Waals surface area contributed by atoms with Gasteiger partial charge in [0.1, 0.15) is 6.04 Å². The van der Waals surface area contributed by atoms with E-state index in [4.69, 9.17) is 15.1 Å². The third kappa shape index (κ3) is 5.25. The normalized spacial score (nSPS) is 14.7. The first kappa shape index (κ1) is 15.1. The predicted molar refractivity (Wildman–Crippen MR) is 56.5 cm³/mol. The Kier molecular flexibility index (Phi) is 6.96. The first-order chi connectivity index (χ1) is 7.40. The van der Waals surface area contributed by atoms with Gasteiger partial charge in [-0.25, -0.2) is 4.67 Å². The highest BCUT2D eigenvalue weighted by Gasteiger charge is 2.28. The van der Waals surface area contributed by atoms with Crippen LogP contribution in [0.25, 0.3) is 0 Å². The van der Waals surface area contributed by atoms with Crippen LogP contribution in [-0.4, -0.2) is 44.3 Å². The lowest BCUT2D eigenvalue weighted by molar-refractivity contribution is -0.142. The molecule has 1 unspecified atom stereocenters. The van der Waals surface area contributed by atoms with Gasteiger partial charge in [0.15, 0.2) is 0 Å². The van der Waals surface area contributed by atoms with E-state index in [1.807, 2.05) is 0 Å². The molecule has 0 aliphatic carbocycles. The molecule has 0 aromatic rings. The number of aliphatic carboxylic acids is 2. The molecule has 94 valence electrons. The summed E-state index contributed by atoms with van der Waals surface area (Å²) in [5.41, 5.74) is 0. The number of hydrogen-bond donors (Lipinski definition) is 3. The molecule has 0 aromatic heterocycles. The van der Waals surface area contributed by atoms with Crippen molar-refractivity contribution < 1.29 is 29.3 Å². The molecule has 0 aliphatic heterocycles. The molecule has 0 saturated carbocycles. The fourth-order valence-electron chi connectivity index (χ4n) is 1.30. The molecule has 0 heterocycles. The van der Waals surface area contributed by atoms with Crippen molar-refractivity contribution in [3.8, 4) is 0 Å². The van der Waals surface area contributed by atoms with Crippen LogP contribution in [-0.2, 0) is 14.2 Å². The molecule has 0 radical (unpaired) electrons. The van der Waals surface area contributed by atoms with Crippen LogP contribution in [0, 0.1) is 0 Å². The minimum absolute atomic E-state index is 0.158. The van der Waals surface area contributed by atoms with Crippen molar-refractivity contribution in [1.82, 2.24) is 4.67 Å². The third-order valence-corrected chi connectivity index (χ3v) is 3.03. The molecule has 8 heteroatoms. The minimum atomic E-state index is -3.12. The van der Waals surface area contributed by atoms with E-state index < -0.39 is 26.2 Å². The van der Waals surface area contributed by atoms with Crippen LogP contribution in [0.4, 0.5) is 0 Å². The van der Waals surface area contributed by atoms with Gasteiger partial charge in [-0.3, -0.25) is 14.2 Å². The molecule has 0 fully saturated rings. The Labute approximate surface area is 93.6 Å². The molecule has 0 bridgehead atoms. The van der Waals surface area contributed by atoms with E-state index in [0.717, 1.165) is 4.67 Å². The first-order valence-electron chi connectivity index (χ1n) is 4.84. The highest BCUT2D eigenvalue weighted by Crippen LogP contribution is 2.27. The van der Waals surface area contributed by atoms with Crippen LogP contribution >= 0.6 is 8.18 Å². The second kappa shape index (κ2) is 7.38. The summed E-state index contributed by atoms with van der Waals surface area (Å²) in [7, 11) is -3.12. The van der Waals surface area contributed by atoms with E-state index >= 15 is 0 Å². The van der Waals surface area contributed by atoms with Gasteiger partial charge in [-0.15, -0.1) is 0 Å². The average Bonchev–Trinajstić information content (AvgIpc) is 2.15. The number of rotatable bonds is 8. The minimum Gasteiger partial charge on any atom is -0.481 e. The van der Waals surface area contributed by atoms with Crippen molar-refractivity contribution in [2.24, 2.45) is 0 Å². The molecule has 0 rings (SSSR count). The largest absolute Gasteiger partial charge is 0.481 e. The van der Waals surface area contributed by atoms with E-state index in [-0.39, 0.29) is 19.4 Å². The molecule has 0 saturated heterocycles. The average molecular weight is 253 g/mol. The summed E-state index contributed by atoms with van der Waals surface area (Å²) < 4.78 is 11.9. The Bertz CT molecular complexity index is 282. The second-order valence-corrected chi connectivity index (χ2v) is 4.40. The van der Waals surface area contributed by atoms with E-state index in [1.165, 1.54) is 0 Å².